The summed E-state index contributed by atoms with van der Waals surface area (Å²) in [5, 5.41) is 9.73. The Morgan fingerprint density at radius 3 is 2.69 bits per heavy atom. The average Bonchev–Trinajstić information content (AvgIpc) is 3.15. The van der Waals surface area contributed by atoms with Crippen LogP contribution in [0.1, 0.15) is 11.4 Å². The quantitative estimate of drug-likeness (QED) is 0.0832. The highest BCUT2D eigenvalue weighted by molar-refractivity contribution is 7.99. The van der Waals surface area contributed by atoms with Gasteiger partial charge < -0.3 is 22.2 Å². The number of amidine groups is 1. The van der Waals surface area contributed by atoms with E-state index in [4.69, 9.17) is 28.2 Å². The third kappa shape index (κ3) is 4.27. The molecule has 0 aliphatic rings. The summed E-state index contributed by atoms with van der Waals surface area (Å²) < 4.78 is 12.5. The van der Waals surface area contributed by atoms with Crippen molar-refractivity contribution in [3.63, 3.8) is 0 Å². The number of hydrazine groups is 1. The van der Waals surface area contributed by atoms with Gasteiger partial charge in [-0.25, -0.2) is 25.7 Å². The van der Waals surface area contributed by atoms with Gasteiger partial charge in [-0.15, -0.1) is 16.9 Å². The number of H-pyrrole nitrogens is 1. The molecule has 0 amide bonds. The van der Waals surface area contributed by atoms with E-state index in [2.05, 4.69) is 20.6 Å². The van der Waals surface area contributed by atoms with E-state index in [9.17, 15) is 4.21 Å². The lowest BCUT2D eigenvalue weighted by atomic mass is 9.97. The Kier molecular flexibility index (Phi) is 6.84. The number of nitrogens with one attached hydrogen (secondary N) is 2. The molecule has 154 valence electrons. The van der Waals surface area contributed by atoms with E-state index in [-0.39, 0.29) is 12.4 Å². The maximum atomic E-state index is 12.5. The SMILES string of the molecule is NCCSc1ccc(-c2cccc3[nH]c(CN)nc23)c(/C(N)=N/NN)c1S(N)=O. The lowest BCUT2D eigenvalue weighted by Gasteiger charge is -2.17. The van der Waals surface area contributed by atoms with Crippen molar-refractivity contribution >= 4 is 39.6 Å². The number of aromatic nitrogens is 2. The number of fused-ring (bicyclic) bond motifs is 1. The molecule has 1 aromatic heterocycles. The van der Waals surface area contributed by atoms with Gasteiger partial charge in [0.25, 0.3) is 0 Å². The molecule has 29 heavy (non-hydrogen) atoms. The zero-order valence-corrected chi connectivity index (χ0v) is 17.1. The fourth-order valence-electron chi connectivity index (χ4n) is 3.05. The normalized spacial score (nSPS) is 13.0. The summed E-state index contributed by atoms with van der Waals surface area (Å²) in [5.41, 5.74) is 23.1. The van der Waals surface area contributed by atoms with Crippen LogP contribution in [-0.4, -0.2) is 32.3 Å². The second-order valence-electron chi connectivity index (χ2n) is 5.97. The Morgan fingerprint density at radius 2 is 2.03 bits per heavy atom. The minimum Gasteiger partial charge on any atom is -0.382 e. The first kappa shape index (κ1) is 21.2. The zero-order chi connectivity index (χ0) is 21.0. The van der Waals surface area contributed by atoms with Gasteiger partial charge in [-0.2, -0.15) is 0 Å². The molecular formula is C17H23N9OS2. The molecule has 0 bridgehead atoms. The molecule has 1 atom stereocenters. The first-order valence-corrected chi connectivity index (χ1v) is 10.8. The first-order chi connectivity index (χ1) is 14.0. The standard InChI is InChI=1S/C17H23N9OS2/c18-6-7-28-12-5-4-9(14(16(12)29(22)27)17(20)25-26-21)10-2-1-3-11-15(10)24-13(8-19)23-11/h1-5,26H,6-8,18-19,21-22H2,(H2,20,25)(H,23,24). The van der Waals surface area contributed by atoms with Gasteiger partial charge in [-0.05, 0) is 17.7 Å². The molecule has 0 spiro atoms. The molecule has 12 heteroatoms. The predicted octanol–water partition coefficient (Wildman–Crippen LogP) is -0.196. The summed E-state index contributed by atoms with van der Waals surface area (Å²) >= 11 is 1.44. The molecule has 2 aromatic carbocycles. The maximum Gasteiger partial charge on any atom is 0.154 e. The van der Waals surface area contributed by atoms with Gasteiger partial charge in [-0.3, -0.25) is 0 Å². The van der Waals surface area contributed by atoms with Crippen LogP contribution in [0.15, 0.2) is 45.2 Å². The van der Waals surface area contributed by atoms with Crippen LogP contribution in [0.4, 0.5) is 0 Å². The van der Waals surface area contributed by atoms with Gasteiger partial charge in [-0.1, -0.05) is 18.2 Å². The highest BCUT2D eigenvalue weighted by Gasteiger charge is 2.23. The van der Waals surface area contributed by atoms with Crippen LogP contribution in [0.5, 0.6) is 0 Å². The van der Waals surface area contributed by atoms with Crippen molar-refractivity contribution in [3.8, 4) is 11.1 Å². The Hall–Kier alpha value is -2.48. The number of aromatic amines is 1. The number of hydrazone groups is 1. The molecule has 0 saturated carbocycles. The molecule has 3 rings (SSSR count). The number of rotatable bonds is 8. The van der Waals surface area contributed by atoms with Crippen molar-refractivity contribution in [2.45, 2.75) is 16.3 Å². The van der Waals surface area contributed by atoms with Crippen molar-refractivity contribution in [1.82, 2.24) is 15.5 Å². The number of thioether (sulfide) groups is 1. The lowest BCUT2D eigenvalue weighted by Crippen LogP contribution is -2.26. The van der Waals surface area contributed by atoms with Gasteiger partial charge in [0, 0.05) is 28.3 Å². The summed E-state index contributed by atoms with van der Waals surface area (Å²) in [5.74, 6) is 6.67. The number of nitrogens with zero attached hydrogens (tertiary/aromatic N) is 2. The van der Waals surface area contributed by atoms with Crippen molar-refractivity contribution in [1.29, 1.82) is 0 Å². The van der Waals surface area contributed by atoms with Crippen molar-refractivity contribution in [3.05, 3.63) is 41.7 Å². The second-order valence-corrected chi connectivity index (χ2v) is 8.11. The van der Waals surface area contributed by atoms with Gasteiger partial charge in [0.15, 0.2) is 5.84 Å². The molecule has 10 nitrogen and oxygen atoms in total. The summed E-state index contributed by atoms with van der Waals surface area (Å²) in [6.07, 6.45) is 0. The Bertz CT molecular complexity index is 1080. The highest BCUT2D eigenvalue weighted by Crippen LogP contribution is 2.37. The van der Waals surface area contributed by atoms with Crippen LogP contribution >= 0.6 is 11.8 Å². The van der Waals surface area contributed by atoms with Crippen LogP contribution in [0.2, 0.25) is 0 Å². The van der Waals surface area contributed by atoms with Gasteiger partial charge in [0.2, 0.25) is 0 Å². The first-order valence-electron chi connectivity index (χ1n) is 8.65. The van der Waals surface area contributed by atoms with E-state index in [1.165, 1.54) is 11.8 Å². The van der Waals surface area contributed by atoms with Crippen LogP contribution < -0.4 is 33.7 Å². The Labute approximate surface area is 174 Å². The van der Waals surface area contributed by atoms with Crippen LogP contribution in [-0.2, 0) is 17.5 Å². The Morgan fingerprint density at radius 1 is 1.24 bits per heavy atom. The molecular weight excluding hydrogens is 410 g/mol. The number of nitrogens with two attached hydrogens (primary N) is 5. The van der Waals surface area contributed by atoms with E-state index in [1.807, 2.05) is 30.3 Å². The monoisotopic (exact) mass is 433 g/mol. The van der Waals surface area contributed by atoms with Crippen molar-refractivity contribution < 1.29 is 4.21 Å². The topological polar surface area (TPSA) is 200 Å². The fraction of sp³-hybridized carbons (Fsp3) is 0.176. The van der Waals surface area contributed by atoms with Gasteiger partial charge in [0.1, 0.15) is 16.8 Å². The highest BCUT2D eigenvalue weighted by atomic mass is 32.2. The smallest absolute Gasteiger partial charge is 0.154 e. The summed E-state index contributed by atoms with van der Waals surface area (Å²) in [6, 6.07) is 9.38. The summed E-state index contributed by atoms with van der Waals surface area (Å²) in [6.45, 7) is 0.731. The molecule has 1 unspecified atom stereocenters. The molecule has 1 heterocycles. The lowest BCUT2D eigenvalue weighted by molar-refractivity contribution is 0.682. The molecule has 0 saturated heterocycles. The van der Waals surface area contributed by atoms with E-state index in [0.717, 1.165) is 11.1 Å². The van der Waals surface area contributed by atoms with E-state index < -0.39 is 11.0 Å². The van der Waals surface area contributed by atoms with E-state index >= 15 is 0 Å². The van der Waals surface area contributed by atoms with E-state index in [0.29, 0.717) is 44.6 Å². The number of benzene rings is 2. The zero-order valence-electron chi connectivity index (χ0n) is 15.5. The number of imidazole rings is 1. The fourth-order valence-corrected chi connectivity index (χ4v) is 4.89. The van der Waals surface area contributed by atoms with Crippen LogP contribution in [0, 0.1) is 0 Å². The van der Waals surface area contributed by atoms with Crippen molar-refractivity contribution in [2.24, 2.45) is 33.3 Å². The molecule has 12 N–H and O–H groups in total. The van der Waals surface area contributed by atoms with Gasteiger partial charge >= 0.3 is 0 Å². The van der Waals surface area contributed by atoms with Crippen molar-refractivity contribution in [2.75, 3.05) is 12.3 Å². The second kappa shape index (κ2) is 9.35. The molecule has 0 radical (unpaired) electrons. The Balaban J connectivity index is 2.34. The molecule has 0 aliphatic heterocycles. The average molecular weight is 434 g/mol. The number of para-hydroxylation sites is 1. The minimum atomic E-state index is -1.83. The maximum absolute atomic E-state index is 12.5. The largest absolute Gasteiger partial charge is 0.382 e. The summed E-state index contributed by atoms with van der Waals surface area (Å²) in [7, 11) is -1.83. The van der Waals surface area contributed by atoms with Crippen LogP contribution in [0.25, 0.3) is 22.2 Å². The minimum absolute atomic E-state index is 0.0538. The third-order valence-corrected chi connectivity index (χ3v) is 6.23. The van der Waals surface area contributed by atoms with E-state index in [1.54, 1.807) is 0 Å². The third-order valence-electron chi connectivity index (χ3n) is 4.18. The molecule has 3 aromatic rings. The predicted molar refractivity (Wildman–Crippen MR) is 118 cm³/mol. The van der Waals surface area contributed by atoms with Crippen LogP contribution in [0.3, 0.4) is 0 Å². The number of hydrogen-bond donors (Lipinski definition) is 7. The molecule has 0 fully saturated rings. The number of hydrogen-bond acceptors (Lipinski definition) is 8. The van der Waals surface area contributed by atoms with Gasteiger partial charge in [0.05, 0.1) is 22.5 Å². The molecule has 0 aliphatic carbocycles. The summed E-state index contributed by atoms with van der Waals surface area (Å²) in [4.78, 5) is 8.82.